The Labute approximate surface area is 225 Å². The molecule has 3 aromatic rings. The normalized spacial score (nSPS) is 14.6. The second-order valence-electron chi connectivity index (χ2n) is 10.00. The number of carbonyl (C=O) groups excluding carboxylic acids is 1. The maximum atomic E-state index is 14.4. The lowest BCUT2D eigenvalue weighted by Gasteiger charge is -2.31. The van der Waals surface area contributed by atoms with Crippen molar-refractivity contribution >= 4 is 15.9 Å². The Balaban J connectivity index is 0.00000280. The second kappa shape index (κ2) is 11.5. The van der Waals surface area contributed by atoms with Gasteiger partial charge in [0.05, 0.1) is 12.3 Å². The molecule has 1 fully saturated rings. The molecule has 1 N–H and O–H groups in total. The zero-order valence-corrected chi connectivity index (χ0v) is 22.7. The second-order valence-corrected chi connectivity index (χ2v) is 11.6. The highest BCUT2D eigenvalue weighted by Gasteiger charge is 2.29. The lowest BCUT2D eigenvalue weighted by atomic mass is 9.82. The molecule has 38 heavy (non-hydrogen) atoms. The number of ether oxygens (including phenoxy) is 2. The number of hydrogen-bond donors (Lipinski definition) is 1. The van der Waals surface area contributed by atoms with E-state index >= 15 is 0 Å². The number of benzene rings is 1. The van der Waals surface area contributed by atoms with Crippen LogP contribution in [0.3, 0.4) is 0 Å². The Morgan fingerprint density at radius 3 is 2.55 bits per heavy atom. The summed E-state index contributed by atoms with van der Waals surface area (Å²) in [5.41, 5.74) is 1.24. The fourth-order valence-electron chi connectivity index (χ4n) is 4.00. The topological polar surface area (TPSA) is 107 Å². The summed E-state index contributed by atoms with van der Waals surface area (Å²) in [7, 11) is -4.23. The molecule has 0 aliphatic heterocycles. The summed E-state index contributed by atoms with van der Waals surface area (Å²) in [6, 6.07) is 11.7. The summed E-state index contributed by atoms with van der Waals surface area (Å²) < 4.78 is 53.9. The monoisotopic (exact) mass is 545 g/mol. The van der Waals surface area contributed by atoms with Crippen LogP contribution in [0.2, 0.25) is 0 Å². The van der Waals surface area contributed by atoms with E-state index in [4.69, 9.17) is 9.47 Å². The number of sulfonamides is 1. The Morgan fingerprint density at radius 1 is 1.13 bits per heavy atom. The highest BCUT2D eigenvalue weighted by Crippen LogP contribution is 2.33. The van der Waals surface area contributed by atoms with Gasteiger partial charge in [-0.05, 0) is 74.9 Å². The van der Waals surface area contributed by atoms with Gasteiger partial charge in [-0.3, -0.25) is 4.79 Å². The lowest BCUT2D eigenvalue weighted by molar-refractivity contribution is 0.0884. The molecule has 2 aromatic heterocycles. The van der Waals surface area contributed by atoms with Crippen LogP contribution in [0.4, 0.5) is 4.39 Å². The van der Waals surface area contributed by atoms with Crippen LogP contribution < -0.4 is 14.2 Å². The molecule has 0 saturated heterocycles. The van der Waals surface area contributed by atoms with E-state index < -0.39 is 21.7 Å². The van der Waals surface area contributed by atoms with Crippen molar-refractivity contribution in [2.45, 2.75) is 58.1 Å². The summed E-state index contributed by atoms with van der Waals surface area (Å²) in [5, 5.41) is -0.269. The van der Waals surface area contributed by atoms with Crippen LogP contribution in [0, 0.1) is 24.6 Å². The molecule has 1 saturated carbocycles. The van der Waals surface area contributed by atoms with Crippen LogP contribution in [-0.4, -0.2) is 37.0 Å². The number of carbonyl (C=O) groups is 1. The van der Waals surface area contributed by atoms with Crippen LogP contribution in [0.5, 0.6) is 11.6 Å². The van der Waals surface area contributed by atoms with Crippen molar-refractivity contribution in [2.24, 2.45) is 11.8 Å². The number of amides is 1. The van der Waals surface area contributed by atoms with Crippen molar-refractivity contribution in [3.05, 3.63) is 65.6 Å². The molecule has 4 rings (SSSR count). The van der Waals surface area contributed by atoms with Gasteiger partial charge in [-0.1, -0.05) is 26.3 Å². The van der Waals surface area contributed by atoms with Crippen LogP contribution in [-0.2, 0) is 10.0 Å². The standard InChI is InChI=1S/C28H32FN3O5S.2H2/c1-17(2)16-36-23-14-21(13-22(29)15-23)25-12-11-24(28(31-25)37-19(4)20-8-6-9-20)27(33)32-38(34,35)26-10-5-7-18(3)30-26;;/h5,7,10-15,17,19-20H,6,8-9,16H2,1-4H3,(H,32,33);2*1H. The molecule has 2 heterocycles. The summed E-state index contributed by atoms with van der Waals surface area (Å²) in [6.07, 6.45) is 2.85. The van der Waals surface area contributed by atoms with E-state index in [0.29, 0.717) is 35.2 Å². The molecule has 0 spiro atoms. The molecule has 1 unspecified atom stereocenters. The van der Waals surface area contributed by atoms with Crippen LogP contribution in [0.25, 0.3) is 11.3 Å². The van der Waals surface area contributed by atoms with E-state index in [1.165, 1.54) is 30.3 Å². The third-order valence-corrected chi connectivity index (χ3v) is 7.56. The van der Waals surface area contributed by atoms with E-state index in [1.807, 2.05) is 20.8 Å². The Bertz CT molecular complexity index is 1440. The van der Waals surface area contributed by atoms with Gasteiger partial charge < -0.3 is 9.47 Å². The maximum absolute atomic E-state index is 14.4. The van der Waals surface area contributed by atoms with E-state index in [0.717, 1.165) is 19.3 Å². The number of hydrogen-bond acceptors (Lipinski definition) is 7. The molecule has 1 aromatic carbocycles. The average Bonchev–Trinajstić information content (AvgIpc) is 2.81. The first-order chi connectivity index (χ1) is 18.0. The highest BCUT2D eigenvalue weighted by atomic mass is 32.2. The van der Waals surface area contributed by atoms with Gasteiger partial charge >= 0.3 is 0 Å². The minimum Gasteiger partial charge on any atom is -0.493 e. The molecule has 1 amide bonds. The van der Waals surface area contributed by atoms with E-state index in [2.05, 4.69) is 14.7 Å². The molecule has 10 heteroatoms. The van der Waals surface area contributed by atoms with Gasteiger partial charge in [-0.25, -0.2) is 19.1 Å². The third kappa shape index (κ3) is 6.66. The van der Waals surface area contributed by atoms with E-state index in [-0.39, 0.29) is 31.3 Å². The van der Waals surface area contributed by atoms with Crippen molar-refractivity contribution in [3.63, 3.8) is 0 Å². The minimum absolute atomic E-state index is 0. The van der Waals surface area contributed by atoms with E-state index in [1.54, 1.807) is 25.1 Å². The largest absolute Gasteiger partial charge is 0.493 e. The van der Waals surface area contributed by atoms with Gasteiger partial charge in [0.25, 0.3) is 15.9 Å². The first-order valence-corrected chi connectivity index (χ1v) is 14.1. The van der Waals surface area contributed by atoms with E-state index in [9.17, 15) is 17.6 Å². The van der Waals surface area contributed by atoms with Gasteiger partial charge in [-0.2, -0.15) is 8.42 Å². The Hall–Kier alpha value is -3.53. The first-order valence-electron chi connectivity index (χ1n) is 12.6. The molecule has 8 nitrogen and oxygen atoms in total. The Kier molecular flexibility index (Phi) is 8.30. The van der Waals surface area contributed by atoms with Crippen molar-refractivity contribution in [3.8, 4) is 22.9 Å². The lowest BCUT2D eigenvalue weighted by Crippen LogP contribution is -2.33. The molecule has 1 aliphatic carbocycles. The zero-order valence-electron chi connectivity index (χ0n) is 21.9. The van der Waals surface area contributed by atoms with Crippen molar-refractivity contribution in [1.29, 1.82) is 0 Å². The summed E-state index contributed by atoms with van der Waals surface area (Å²) in [4.78, 5) is 21.7. The molecule has 206 valence electrons. The molecule has 0 radical (unpaired) electrons. The van der Waals surface area contributed by atoms with Gasteiger partial charge in [0.15, 0.2) is 5.03 Å². The smallest absolute Gasteiger partial charge is 0.281 e. The predicted molar refractivity (Wildman–Crippen MR) is 145 cm³/mol. The highest BCUT2D eigenvalue weighted by molar-refractivity contribution is 7.90. The van der Waals surface area contributed by atoms with Crippen LogP contribution in [0.1, 0.15) is 58.9 Å². The van der Waals surface area contributed by atoms with Gasteiger partial charge in [0.2, 0.25) is 5.88 Å². The summed E-state index contributed by atoms with van der Waals surface area (Å²) in [6.45, 7) is 7.96. The van der Waals surface area contributed by atoms with Crippen molar-refractivity contribution in [1.82, 2.24) is 14.7 Å². The summed E-state index contributed by atoms with van der Waals surface area (Å²) in [5.74, 6) is -0.492. The van der Waals surface area contributed by atoms with Crippen molar-refractivity contribution < 1.29 is 29.9 Å². The third-order valence-electron chi connectivity index (χ3n) is 6.33. The minimum atomic E-state index is -4.23. The molecular weight excluding hydrogens is 509 g/mol. The number of pyridine rings is 2. The molecule has 1 aliphatic rings. The van der Waals surface area contributed by atoms with Gasteiger partial charge in [0, 0.05) is 20.2 Å². The van der Waals surface area contributed by atoms with Crippen molar-refractivity contribution in [2.75, 3.05) is 6.61 Å². The summed E-state index contributed by atoms with van der Waals surface area (Å²) >= 11 is 0. The zero-order chi connectivity index (χ0) is 27.4. The number of nitrogens with one attached hydrogen (secondary N) is 1. The fraction of sp³-hybridized carbons (Fsp3) is 0.393. The quantitative estimate of drug-likeness (QED) is 0.343. The van der Waals surface area contributed by atoms with Gasteiger partial charge in [-0.15, -0.1) is 0 Å². The van der Waals surface area contributed by atoms with Gasteiger partial charge in [0.1, 0.15) is 23.2 Å². The number of aromatic nitrogens is 2. The maximum Gasteiger partial charge on any atom is 0.281 e. The first kappa shape index (κ1) is 27.5. The molecular formula is C28H36FN3O5S. The van der Waals surface area contributed by atoms with Crippen LogP contribution >= 0.6 is 0 Å². The predicted octanol–water partition coefficient (Wildman–Crippen LogP) is 5.80. The fourth-order valence-corrected chi connectivity index (χ4v) is 4.98. The number of rotatable bonds is 10. The number of aryl methyl sites for hydroxylation is 1. The average molecular weight is 546 g/mol. The molecule has 1 atom stereocenters. The molecule has 0 bridgehead atoms. The van der Waals surface area contributed by atoms with Crippen LogP contribution in [0.15, 0.2) is 53.6 Å². The SMILES string of the molecule is Cc1cccc(S(=O)(=O)NC(=O)c2ccc(-c3cc(F)cc(OCC(C)C)c3)nc2OC(C)C2CCC2)n1.[HH].[HH]. The Morgan fingerprint density at radius 2 is 1.89 bits per heavy atom. The number of halogens is 1. The number of nitrogens with zero attached hydrogens (tertiary/aromatic N) is 2.